The Morgan fingerprint density at radius 1 is 1.14 bits per heavy atom. The van der Waals surface area contributed by atoms with Crippen LogP contribution in [0.25, 0.3) is 27.3 Å². The summed E-state index contributed by atoms with van der Waals surface area (Å²) in [5.41, 5.74) is 1.37. The first kappa shape index (κ1) is 30.8. The van der Waals surface area contributed by atoms with E-state index >= 15 is 0 Å². The highest BCUT2D eigenvalue weighted by atomic mass is 19.4. The van der Waals surface area contributed by atoms with Crippen molar-refractivity contribution >= 4 is 28.3 Å². The number of aryl methyl sites for hydroxylation is 2. The van der Waals surface area contributed by atoms with E-state index in [9.17, 15) is 22.8 Å². The first-order valence-electron chi connectivity index (χ1n) is 14.6. The van der Waals surface area contributed by atoms with Gasteiger partial charge in [0.15, 0.2) is 11.2 Å². The summed E-state index contributed by atoms with van der Waals surface area (Å²) in [6.07, 6.45) is -2.06. The number of benzene rings is 2. The number of H-pyrrole nitrogens is 1. The van der Waals surface area contributed by atoms with Crippen molar-refractivity contribution in [1.29, 1.82) is 0 Å². The number of nitrogens with one attached hydrogen (secondary N) is 1. The van der Waals surface area contributed by atoms with Gasteiger partial charge in [0.1, 0.15) is 17.1 Å². The molecule has 1 fully saturated rings. The first-order chi connectivity index (χ1) is 21.0. The largest absolute Gasteiger partial charge is 0.493 e. The maximum atomic E-state index is 13.7. The van der Waals surface area contributed by atoms with Crippen molar-refractivity contribution in [1.82, 2.24) is 19.7 Å². The molecule has 3 heterocycles. The van der Waals surface area contributed by atoms with Gasteiger partial charge in [0, 0.05) is 25.2 Å². The lowest BCUT2D eigenvalue weighted by molar-refractivity contribution is -0.136. The predicted molar refractivity (Wildman–Crippen MR) is 161 cm³/mol. The van der Waals surface area contributed by atoms with Crippen LogP contribution < -0.4 is 15.2 Å². The Morgan fingerprint density at radius 2 is 1.91 bits per heavy atom. The molecule has 1 aliphatic rings. The van der Waals surface area contributed by atoms with Gasteiger partial charge >= 0.3 is 6.18 Å². The third-order valence-electron chi connectivity index (χ3n) is 8.03. The van der Waals surface area contributed by atoms with E-state index in [-0.39, 0.29) is 35.5 Å². The number of hydrogen-bond donors (Lipinski definition) is 1. The Balaban J connectivity index is 1.51. The molecule has 2 atom stereocenters. The molecule has 9 nitrogen and oxygen atoms in total. The molecule has 0 spiro atoms. The maximum Gasteiger partial charge on any atom is 0.407 e. The number of carbonyl (C=O) groups is 1. The van der Waals surface area contributed by atoms with E-state index in [2.05, 4.69) is 14.9 Å². The Kier molecular flexibility index (Phi) is 8.50. The van der Waals surface area contributed by atoms with E-state index in [1.807, 2.05) is 39.0 Å². The van der Waals surface area contributed by atoms with E-state index < -0.39 is 17.4 Å². The van der Waals surface area contributed by atoms with Crippen LogP contribution in [0.15, 0.2) is 41.2 Å². The molecule has 5 rings (SSSR count). The topological polar surface area (TPSA) is 97.5 Å². The van der Waals surface area contributed by atoms with Crippen molar-refractivity contribution in [2.24, 2.45) is 13.0 Å². The van der Waals surface area contributed by atoms with Crippen LogP contribution >= 0.6 is 0 Å². The van der Waals surface area contributed by atoms with Crippen molar-refractivity contribution < 1.29 is 22.7 Å². The van der Waals surface area contributed by atoms with Gasteiger partial charge in [-0.15, -0.1) is 0 Å². The molecule has 44 heavy (non-hydrogen) atoms. The predicted octanol–water partition coefficient (Wildman–Crippen LogP) is 6.62. The number of amides is 1. The van der Waals surface area contributed by atoms with Crippen LogP contribution in [-0.4, -0.2) is 38.3 Å². The number of aromatic amines is 1. The van der Waals surface area contributed by atoms with Crippen LogP contribution in [0.4, 0.5) is 24.5 Å². The van der Waals surface area contributed by atoms with Gasteiger partial charge in [-0.25, -0.2) is 9.83 Å². The van der Waals surface area contributed by atoms with Crippen LogP contribution in [0.5, 0.6) is 5.75 Å². The van der Waals surface area contributed by atoms with Crippen molar-refractivity contribution in [3.63, 3.8) is 0 Å². The van der Waals surface area contributed by atoms with E-state index in [4.69, 9.17) is 16.3 Å². The van der Waals surface area contributed by atoms with Gasteiger partial charge in [-0.1, -0.05) is 32.4 Å². The third kappa shape index (κ3) is 5.66. The summed E-state index contributed by atoms with van der Waals surface area (Å²) in [5, 5.41) is 4.49. The summed E-state index contributed by atoms with van der Waals surface area (Å²) in [4.78, 5) is 38.5. The van der Waals surface area contributed by atoms with Crippen LogP contribution in [0.3, 0.4) is 0 Å². The fourth-order valence-electron chi connectivity index (χ4n) is 6.17. The quantitative estimate of drug-likeness (QED) is 0.216. The van der Waals surface area contributed by atoms with Crippen molar-refractivity contribution in [2.45, 2.75) is 65.1 Å². The number of halogens is 3. The molecule has 1 N–H and O–H groups in total. The molecule has 12 heteroatoms. The number of nitrogens with zero attached hydrogens (tertiary/aromatic N) is 5. The monoisotopic (exact) mass is 606 g/mol. The van der Waals surface area contributed by atoms with Gasteiger partial charge in [-0.3, -0.25) is 14.3 Å². The average Bonchev–Trinajstić information content (AvgIpc) is 3.48. The molecule has 1 amide bonds. The minimum absolute atomic E-state index is 0.130. The highest BCUT2D eigenvalue weighted by Crippen LogP contribution is 2.42. The van der Waals surface area contributed by atoms with Gasteiger partial charge in [-0.2, -0.15) is 18.3 Å². The molecule has 0 aliphatic carbocycles. The van der Waals surface area contributed by atoms with Crippen molar-refractivity contribution in [2.75, 3.05) is 11.5 Å². The summed E-state index contributed by atoms with van der Waals surface area (Å²) in [7, 11) is 1.71. The highest BCUT2D eigenvalue weighted by Gasteiger charge is 2.41. The summed E-state index contributed by atoms with van der Waals surface area (Å²) >= 11 is 0. The lowest BCUT2D eigenvalue weighted by atomic mass is 9.90. The molecule has 2 aromatic carbocycles. The smallest absolute Gasteiger partial charge is 0.407 e. The summed E-state index contributed by atoms with van der Waals surface area (Å²) in [6, 6.07) is 8.66. The number of alkyl halides is 3. The normalized spacial score (nSPS) is 17.0. The second-order valence-electron chi connectivity index (χ2n) is 10.9. The molecule has 230 valence electrons. The van der Waals surface area contributed by atoms with Crippen molar-refractivity contribution in [3.8, 4) is 17.1 Å². The fraction of sp³-hybridized carbons (Fsp3) is 0.406. The lowest BCUT2D eigenvalue weighted by Gasteiger charge is -2.28. The minimum atomic E-state index is -4.72. The Labute approximate surface area is 252 Å². The Morgan fingerprint density at radius 3 is 2.57 bits per heavy atom. The summed E-state index contributed by atoms with van der Waals surface area (Å²) < 4.78 is 48.5. The number of aromatic nitrogens is 4. The molecule has 1 saturated heterocycles. The molecule has 0 bridgehead atoms. The van der Waals surface area contributed by atoms with Crippen LogP contribution in [0.1, 0.15) is 56.9 Å². The number of hydrogen-bond acceptors (Lipinski definition) is 5. The van der Waals surface area contributed by atoms with Gasteiger partial charge in [0.25, 0.3) is 5.56 Å². The zero-order valence-electron chi connectivity index (χ0n) is 25.0. The Hall–Kier alpha value is -4.66. The zero-order chi connectivity index (χ0) is 31.8. The number of rotatable bonds is 9. The first-order valence-corrected chi connectivity index (χ1v) is 14.6. The standard InChI is InChI=1S/C32H33F3N6O3/c1-6-9-24-28-29(40(5)39-24)31(43)38-30(37-28)21-15-18(10-13-26(21)44-8-3)14-19-16-27(42)41(25(19)7-2)20-11-12-23(36-4)22(17-20)32(33,34)35/h10-13,15,17,19,25H,6-9,14,16H2,1-3,5H3,(H,37,38,43)/t19-,25+/m0/s1. The molecule has 1 aliphatic heterocycles. The number of ether oxygens (including phenoxy) is 1. The molecule has 4 aromatic rings. The molecular weight excluding hydrogens is 573 g/mol. The van der Waals surface area contributed by atoms with Crippen LogP contribution in [0.2, 0.25) is 0 Å². The van der Waals surface area contributed by atoms with Gasteiger partial charge in [0.05, 0.1) is 30.0 Å². The second-order valence-corrected chi connectivity index (χ2v) is 10.9. The number of anilines is 1. The SMILES string of the molecule is [C-]#[N+]c1ccc(N2C(=O)C[C@H](Cc3ccc(OCC)c(-c4nc5c(CCC)nn(C)c5c(=O)[nH]4)c3)[C@H]2CC)cc1C(F)(F)F. The van der Waals surface area contributed by atoms with E-state index in [0.717, 1.165) is 29.8 Å². The van der Waals surface area contributed by atoms with E-state index in [0.29, 0.717) is 54.0 Å². The molecule has 0 unspecified atom stereocenters. The van der Waals surface area contributed by atoms with Crippen LogP contribution in [-0.2, 0) is 30.9 Å². The number of fused-ring (bicyclic) bond motifs is 1. The van der Waals surface area contributed by atoms with E-state index in [1.165, 1.54) is 15.6 Å². The molecule has 2 aromatic heterocycles. The third-order valence-corrected chi connectivity index (χ3v) is 8.03. The van der Waals surface area contributed by atoms with Crippen molar-refractivity contribution in [3.05, 3.63) is 75.0 Å². The lowest BCUT2D eigenvalue weighted by Crippen LogP contribution is -2.35. The summed E-state index contributed by atoms with van der Waals surface area (Å²) in [6.45, 7) is 13.3. The Bertz CT molecular complexity index is 1820. The molecular formula is C32H33F3N6O3. The fourth-order valence-corrected chi connectivity index (χ4v) is 6.17. The van der Waals surface area contributed by atoms with Gasteiger partial charge in [0.2, 0.25) is 5.91 Å². The molecule has 0 saturated carbocycles. The summed E-state index contributed by atoms with van der Waals surface area (Å²) in [5.74, 6) is 0.426. The second kappa shape index (κ2) is 12.1. The molecule has 0 radical (unpaired) electrons. The number of carbonyl (C=O) groups excluding carboxylic acids is 1. The van der Waals surface area contributed by atoms with Crippen LogP contribution in [0, 0.1) is 12.5 Å². The van der Waals surface area contributed by atoms with E-state index in [1.54, 1.807) is 7.05 Å². The average molecular weight is 607 g/mol. The van der Waals surface area contributed by atoms with Gasteiger partial charge < -0.3 is 14.6 Å². The maximum absolute atomic E-state index is 13.7. The minimum Gasteiger partial charge on any atom is -0.493 e. The zero-order valence-corrected chi connectivity index (χ0v) is 25.0. The highest BCUT2D eigenvalue weighted by molar-refractivity contribution is 5.97. The van der Waals surface area contributed by atoms with Gasteiger partial charge in [-0.05, 0) is 61.9 Å².